The molecule has 1 aliphatic heterocycles. The van der Waals surface area contributed by atoms with Crippen molar-refractivity contribution < 1.29 is 9.47 Å². The number of likely N-dealkylation sites (N-methyl/N-ethyl adjacent to an activating group) is 1. The van der Waals surface area contributed by atoms with Crippen molar-refractivity contribution in [3.05, 3.63) is 42.4 Å². The van der Waals surface area contributed by atoms with Crippen molar-refractivity contribution in [1.29, 1.82) is 0 Å². The van der Waals surface area contributed by atoms with E-state index in [9.17, 15) is 0 Å². The molecule has 1 atom stereocenters. The van der Waals surface area contributed by atoms with Gasteiger partial charge in [0.15, 0.2) is 11.5 Å². The second-order valence-electron chi connectivity index (χ2n) is 6.36. The molecule has 1 aliphatic rings. The average Bonchev–Trinajstić information content (AvgIpc) is 2.68. The van der Waals surface area contributed by atoms with Gasteiger partial charge >= 0.3 is 0 Å². The van der Waals surface area contributed by atoms with Crippen LogP contribution in [0.15, 0.2) is 36.8 Å². The Balaban J connectivity index is 1.70. The third-order valence-corrected chi connectivity index (χ3v) is 4.83. The maximum atomic E-state index is 5.57. The van der Waals surface area contributed by atoms with Crippen molar-refractivity contribution in [2.45, 2.75) is 25.4 Å². The zero-order valence-corrected chi connectivity index (χ0v) is 15.2. The topological polar surface area (TPSA) is 50.7 Å². The fraction of sp³-hybridized carbons (Fsp3) is 0.474. The standard InChI is InChI=1S/C19H26N4O2/c1-22(18-9-10-20-14-21-18)16-7-5-11-23(13-16)12-15-6-4-8-17(24-2)19(15)25-3/h4,6,8-10,14,16H,5,7,11-13H2,1-3H3. The Bertz CT molecular complexity index is 680. The number of rotatable bonds is 6. The number of ether oxygens (including phenoxy) is 2. The summed E-state index contributed by atoms with van der Waals surface area (Å²) >= 11 is 0. The van der Waals surface area contributed by atoms with Gasteiger partial charge in [-0.3, -0.25) is 4.90 Å². The number of benzene rings is 1. The van der Waals surface area contributed by atoms with E-state index in [-0.39, 0.29) is 0 Å². The van der Waals surface area contributed by atoms with Crippen molar-refractivity contribution in [2.24, 2.45) is 0 Å². The Morgan fingerprint density at radius 2 is 2.12 bits per heavy atom. The Hall–Kier alpha value is -2.34. The van der Waals surface area contributed by atoms with E-state index in [4.69, 9.17) is 9.47 Å². The number of methoxy groups -OCH3 is 2. The Morgan fingerprint density at radius 1 is 1.24 bits per heavy atom. The molecule has 1 fully saturated rings. The van der Waals surface area contributed by atoms with Gasteiger partial charge in [0, 0.05) is 37.9 Å². The van der Waals surface area contributed by atoms with E-state index in [2.05, 4.69) is 32.9 Å². The Labute approximate surface area is 149 Å². The first-order valence-electron chi connectivity index (χ1n) is 8.64. The third-order valence-electron chi connectivity index (χ3n) is 4.83. The van der Waals surface area contributed by atoms with E-state index in [1.165, 1.54) is 12.8 Å². The highest BCUT2D eigenvalue weighted by Gasteiger charge is 2.25. The fourth-order valence-corrected chi connectivity index (χ4v) is 3.49. The van der Waals surface area contributed by atoms with Gasteiger partial charge in [-0.1, -0.05) is 12.1 Å². The normalized spacial score (nSPS) is 18.0. The minimum absolute atomic E-state index is 0.445. The predicted molar refractivity (Wildman–Crippen MR) is 98.3 cm³/mol. The number of nitrogens with zero attached hydrogens (tertiary/aromatic N) is 4. The largest absolute Gasteiger partial charge is 0.493 e. The van der Waals surface area contributed by atoms with Crippen LogP contribution in [0.1, 0.15) is 18.4 Å². The summed E-state index contributed by atoms with van der Waals surface area (Å²) in [5.41, 5.74) is 1.16. The molecule has 2 aromatic rings. The van der Waals surface area contributed by atoms with Gasteiger partial charge in [-0.25, -0.2) is 9.97 Å². The van der Waals surface area contributed by atoms with Gasteiger partial charge < -0.3 is 14.4 Å². The Morgan fingerprint density at radius 3 is 2.84 bits per heavy atom. The molecule has 134 valence electrons. The van der Waals surface area contributed by atoms with E-state index >= 15 is 0 Å². The zero-order chi connectivity index (χ0) is 17.6. The number of likely N-dealkylation sites (tertiary alicyclic amines) is 1. The van der Waals surface area contributed by atoms with Crippen LogP contribution in [-0.4, -0.2) is 55.3 Å². The summed E-state index contributed by atoms with van der Waals surface area (Å²) in [5.74, 6) is 2.59. The lowest BCUT2D eigenvalue weighted by Crippen LogP contribution is -2.46. The van der Waals surface area contributed by atoms with Crippen LogP contribution in [0.2, 0.25) is 0 Å². The Kier molecular flexibility index (Phi) is 5.71. The summed E-state index contributed by atoms with van der Waals surface area (Å²) in [7, 11) is 5.49. The number of aromatic nitrogens is 2. The molecule has 3 rings (SSSR count). The van der Waals surface area contributed by atoms with Crippen molar-refractivity contribution in [2.75, 3.05) is 39.3 Å². The van der Waals surface area contributed by atoms with Crippen LogP contribution in [0.5, 0.6) is 11.5 Å². The number of para-hydroxylation sites is 1. The van der Waals surface area contributed by atoms with Gasteiger partial charge in [0.05, 0.1) is 14.2 Å². The van der Waals surface area contributed by atoms with Crippen molar-refractivity contribution in [3.63, 3.8) is 0 Å². The summed E-state index contributed by atoms with van der Waals surface area (Å²) in [6.07, 6.45) is 5.74. The summed E-state index contributed by atoms with van der Waals surface area (Å²) in [4.78, 5) is 13.1. The van der Waals surface area contributed by atoms with Crippen LogP contribution in [0.25, 0.3) is 0 Å². The number of hydrogen-bond acceptors (Lipinski definition) is 6. The molecule has 6 nitrogen and oxygen atoms in total. The molecular formula is C19H26N4O2. The molecule has 0 saturated carbocycles. The zero-order valence-electron chi connectivity index (χ0n) is 15.2. The van der Waals surface area contributed by atoms with E-state index in [0.29, 0.717) is 6.04 Å². The van der Waals surface area contributed by atoms with Gasteiger partial charge in [-0.2, -0.15) is 0 Å². The van der Waals surface area contributed by atoms with Gasteiger partial charge in [0.25, 0.3) is 0 Å². The first kappa shape index (κ1) is 17.5. The van der Waals surface area contributed by atoms with E-state index in [1.807, 2.05) is 18.2 Å². The van der Waals surface area contributed by atoms with Crippen LogP contribution in [0.3, 0.4) is 0 Å². The molecule has 25 heavy (non-hydrogen) atoms. The van der Waals surface area contributed by atoms with Gasteiger partial charge in [-0.05, 0) is 31.5 Å². The molecule has 2 heterocycles. The molecule has 0 N–H and O–H groups in total. The SMILES string of the molecule is COc1cccc(CN2CCCC(N(C)c3ccncn3)C2)c1OC. The highest BCUT2D eigenvalue weighted by molar-refractivity contribution is 5.46. The van der Waals surface area contributed by atoms with Gasteiger partial charge in [0.2, 0.25) is 0 Å². The lowest BCUT2D eigenvalue weighted by molar-refractivity contribution is 0.196. The quantitative estimate of drug-likeness (QED) is 0.804. The van der Waals surface area contributed by atoms with Gasteiger partial charge in [0.1, 0.15) is 12.1 Å². The lowest BCUT2D eigenvalue weighted by atomic mass is 10.0. The first-order chi connectivity index (χ1) is 12.2. The molecule has 1 aromatic heterocycles. The highest BCUT2D eigenvalue weighted by Crippen LogP contribution is 2.32. The minimum Gasteiger partial charge on any atom is -0.493 e. The number of anilines is 1. The summed E-state index contributed by atoms with van der Waals surface area (Å²) in [6, 6.07) is 8.47. The van der Waals surface area contributed by atoms with Crippen molar-refractivity contribution in [1.82, 2.24) is 14.9 Å². The third kappa shape index (κ3) is 4.02. The highest BCUT2D eigenvalue weighted by atomic mass is 16.5. The second-order valence-corrected chi connectivity index (χ2v) is 6.36. The van der Waals surface area contributed by atoms with E-state index < -0.39 is 0 Å². The maximum absolute atomic E-state index is 5.57. The monoisotopic (exact) mass is 342 g/mol. The predicted octanol–water partition coefficient (Wildman–Crippen LogP) is 2.59. The molecular weight excluding hydrogens is 316 g/mol. The van der Waals surface area contributed by atoms with Crippen LogP contribution >= 0.6 is 0 Å². The molecule has 1 aromatic carbocycles. The van der Waals surface area contributed by atoms with Crippen LogP contribution in [-0.2, 0) is 6.54 Å². The lowest BCUT2D eigenvalue weighted by Gasteiger charge is -2.38. The molecule has 0 aliphatic carbocycles. The summed E-state index contributed by atoms with van der Waals surface area (Å²) < 4.78 is 11.0. The van der Waals surface area contributed by atoms with E-state index in [1.54, 1.807) is 26.7 Å². The summed E-state index contributed by atoms with van der Waals surface area (Å²) in [6.45, 7) is 2.95. The summed E-state index contributed by atoms with van der Waals surface area (Å²) in [5, 5.41) is 0. The van der Waals surface area contributed by atoms with Gasteiger partial charge in [-0.15, -0.1) is 0 Å². The molecule has 0 amide bonds. The van der Waals surface area contributed by atoms with Crippen LogP contribution < -0.4 is 14.4 Å². The smallest absolute Gasteiger partial charge is 0.165 e. The average molecular weight is 342 g/mol. The molecule has 6 heteroatoms. The molecule has 0 spiro atoms. The minimum atomic E-state index is 0.445. The van der Waals surface area contributed by atoms with Crippen LogP contribution in [0, 0.1) is 0 Å². The van der Waals surface area contributed by atoms with Crippen molar-refractivity contribution in [3.8, 4) is 11.5 Å². The van der Waals surface area contributed by atoms with Crippen molar-refractivity contribution >= 4 is 5.82 Å². The van der Waals surface area contributed by atoms with E-state index in [0.717, 1.165) is 42.5 Å². The number of piperidine rings is 1. The first-order valence-corrected chi connectivity index (χ1v) is 8.64. The van der Waals surface area contributed by atoms with Crippen LogP contribution in [0.4, 0.5) is 5.82 Å². The molecule has 0 radical (unpaired) electrons. The second kappa shape index (κ2) is 8.16. The molecule has 1 saturated heterocycles. The maximum Gasteiger partial charge on any atom is 0.165 e. The number of hydrogen-bond donors (Lipinski definition) is 0. The molecule has 0 bridgehead atoms. The molecule has 1 unspecified atom stereocenters. The fourth-order valence-electron chi connectivity index (χ4n) is 3.49.